The maximum atomic E-state index is 13.0. The molecule has 100 valence electrons. The van der Waals surface area contributed by atoms with Crippen molar-refractivity contribution in [2.24, 2.45) is 0 Å². The summed E-state index contributed by atoms with van der Waals surface area (Å²) in [6.07, 6.45) is 6.37. The molecule has 0 amide bonds. The van der Waals surface area contributed by atoms with Crippen LogP contribution in [0, 0.1) is 5.82 Å². The Kier molecular flexibility index (Phi) is 4.59. The van der Waals surface area contributed by atoms with Crippen LogP contribution in [0.2, 0.25) is 0 Å². The van der Waals surface area contributed by atoms with Crippen LogP contribution in [0.3, 0.4) is 0 Å². The summed E-state index contributed by atoms with van der Waals surface area (Å²) in [6.45, 7) is 4.23. The first-order valence-corrected chi connectivity index (χ1v) is 6.98. The largest absolute Gasteiger partial charge is 0.398 e. The van der Waals surface area contributed by atoms with Gasteiger partial charge < -0.3 is 5.73 Å². The highest BCUT2D eigenvalue weighted by atomic mass is 19.1. The Morgan fingerprint density at radius 1 is 1.33 bits per heavy atom. The monoisotopic (exact) mass is 250 g/mol. The molecule has 1 aromatic carbocycles. The van der Waals surface area contributed by atoms with Crippen LogP contribution in [0.4, 0.5) is 10.1 Å². The van der Waals surface area contributed by atoms with E-state index in [0.717, 1.165) is 18.7 Å². The minimum atomic E-state index is -0.251. The van der Waals surface area contributed by atoms with Gasteiger partial charge in [-0.1, -0.05) is 25.8 Å². The first-order chi connectivity index (χ1) is 8.70. The van der Waals surface area contributed by atoms with Crippen LogP contribution >= 0.6 is 0 Å². The molecule has 1 aliphatic heterocycles. The molecule has 18 heavy (non-hydrogen) atoms. The molecule has 0 saturated carbocycles. The normalized spacial score (nSPS) is 21.8. The van der Waals surface area contributed by atoms with E-state index in [1.54, 1.807) is 0 Å². The molecule has 3 heteroatoms. The second-order valence-corrected chi connectivity index (χ2v) is 5.23. The molecule has 0 bridgehead atoms. The van der Waals surface area contributed by atoms with Gasteiger partial charge in [-0.25, -0.2) is 4.39 Å². The van der Waals surface area contributed by atoms with Crippen molar-refractivity contribution in [3.63, 3.8) is 0 Å². The molecule has 0 spiro atoms. The van der Waals surface area contributed by atoms with Crippen molar-refractivity contribution < 1.29 is 4.39 Å². The molecule has 2 nitrogen and oxygen atoms in total. The highest BCUT2D eigenvalue weighted by Gasteiger charge is 2.20. The summed E-state index contributed by atoms with van der Waals surface area (Å²) in [5.74, 6) is -0.251. The third kappa shape index (κ3) is 3.22. The van der Waals surface area contributed by atoms with E-state index >= 15 is 0 Å². The summed E-state index contributed by atoms with van der Waals surface area (Å²) in [5.41, 5.74) is 7.53. The van der Waals surface area contributed by atoms with E-state index in [4.69, 9.17) is 5.73 Å². The Labute approximate surface area is 109 Å². The van der Waals surface area contributed by atoms with Crippen LogP contribution < -0.4 is 5.73 Å². The number of likely N-dealkylation sites (tertiary alicyclic amines) is 1. The third-order valence-electron chi connectivity index (χ3n) is 3.95. The summed E-state index contributed by atoms with van der Waals surface area (Å²) in [7, 11) is 0. The van der Waals surface area contributed by atoms with Crippen LogP contribution in [0.25, 0.3) is 0 Å². The van der Waals surface area contributed by atoms with Crippen molar-refractivity contribution in [1.82, 2.24) is 4.90 Å². The summed E-state index contributed by atoms with van der Waals surface area (Å²) in [6, 6.07) is 5.40. The topological polar surface area (TPSA) is 29.3 Å². The van der Waals surface area contributed by atoms with E-state index in [2.05, 4.69) is 11.8 Å². The number of benzene rings is 1. The van der Waals surface area contributed by atoms with Gasteiger partial charge in [-0.3, -0.25) is 4.90 Å². The molecule has 0 radical (unpaired) electrons. The minimum absolute atomic E-state index is 0.251. The second-order valence-electron chi connectivity index (χ2n) is 5.23. The van der Waals surface area contributed by atoms with Crippen LogP contribution in [0.15, 0.2) is 18.2 Å². The predicted octanol–water partition coefficient (Wildman–Crippen LogP) is 3.56. The number of nitrogens with zero attached hydrogens (tertiary/aromatic N) is 1. The molecule has 2 N–H and O–H groups in total. The molecule has 1 heterocycles. The van der Waals surface area contributed by atoms with Gasteiger partial charge in [-0.05, 0) is 43.5 Å². The van der Waals surface area contributed by atoms with Gasteiger partial charge in [0.15, 0.2) is 0 Å². The van der Waals surface area contributed by atoms with Crippen LogP contribution in [0.1, 0.15) is 44.6 Å². The van der Waals surface area contributed by atoms with Crippen LogP contribution in [-0.4, -0.2) is 17.5 Å². The lowest BCUT2D eigenvalue weighted by Gasteiger charge is -2.29. The Bertz CT molecular complexity index is 392. The number of nitrogens with two attached hydrogens (primary N) is 1. The zero-order valence-corrected chi connectivity index (χ0v) is 11.2. The van der Waals surface area contributed by atoms with Gasteiger partial charge in [0.1, 0.15) is 5.82 Å². The summed E-state index contributed by atoms with van der Waals surface area (Å²) in [5, 5.41) is 0. The van der Waals surface area contributed by atoms with Crippen molar-refractivity contribution >= 4 is 5.69 Å². The van der Waals surface area contributed by atoms with E-state index in [1.807, 2.05) is 6.07 Å². The molecule has 1 atom stereocenters. The number of nitrogen functional groups attached to an aromatic ring is 1. The van der Waals surface area contributed by atoms with E-state index in [1.165, 1.54) is 44.2 Å². The Balaban J connectivity index is 2.10. The molecule has 1 saturated heterocycles. The van der Waals surface area contributed by atoms with Gasteiger partial charge in [0.2, 0.25) is 0 Å². The lowest BCUT2D eigenvalue weighted by atomic mass is 10.1. The van der Waals surface area contributed by atoms with Gasteiger partial charge in [0, 0.05) is 18.3 Å². The highest BCUT2D eigenvalue weighted by Crippen LogP contribution is 2.23. The predicted molar refractivity (Wildman–Crippen MR) is 73.8 cm³/mol. The van der Waals surface area contributed by atoms with Crippen molar-refractivity contribution in [1.29, 1.82) is 0 Å². The quantitative estimate of drug-likeness (QED) is 0.831. The van der Waals surface area contributed by atoms with Crippen LogP contribution in [-0.2, 0) is 6.54 Å². The molecule has 0 aliphatic carbocycles. The van der Waals surface area contributed by atoms with Gasteiger partial charge >= 0.3 is 0 Å². The molecular weight excluding hydrogens is 227 g/mol. The standard InChI is InChI=1S/C15H23FN2/c1-2-14-6-4-3-5-9-18(14)11-12-7-8-13(16)10-15(12)17/h7-8,10,14H,2-6,9,11,17H2,1H3. The lowest BCUT2D eigenvalue weighted by Crippen LogP contribution is -2.34. The van der Waals surface area contributed by atoms with E-state index in [-0.39, 0.29) is 5.82 Å². The second kappa shape index (κ2) is 6.19. The molecule has 2 rings (SSSR count). The van der Waals surface area contributed by atoms with Gasteiger partial charge in [-0.15, -0.1) is 0 Å². The Hall–Kier alpha value is -1.09. The fraction of sp³-hybridized carbons (Fsp3) is 0.600. The molecule has 0 aromatic heterocycles. The van der Waals surface area contributed by atoms with Gasteiger partial charge in [0.05, 0.1) is 0 Å². The average Bonchev–Trinajstić information content (AvgIpc) is 2.57. The first kappa shape index (κ1) is 13.3. The SMILES string of the molecule is CCC1CCCCCN1Cc1ccc(F)cc1N. The summed E-state index contributed by atoms with van der Waals surface area (Å²) in [4.78, 5) is 2.51. The first-order valence-electron chi connectivity index (χ1n) is 6.98. The highest BCUT2D eigenvalue weighted by molar-refractivity contribution is 5.46. The number of hydrogen-bond donors (Lipinski definition) is 1. The van der Waals surface area contributed by atoms with Crippen LogP contribution in [0.5, 0.6) is 0 Å². The lowest BCUT2D eigenvalue weighted by molar-refractivity contribution is 0.186. The minimum Gasteiger partial charge on any atom is -0.398 e. The summed E-state index contributed by atoms with van der Waals surface area (Å²) < 4.78 is 13.0. The molecule has 1 aromatic rings. The number of anilines is 1. The number of halogens is 1. The van der Waals surface area contributed by atoms with Gasteiger partial charge in [0.25, 0.3) is 0 Å². The summed E-state index contributed by atoms with van der Waals surface area (Å²) >= 11 is 0. The van der Waals surface area contributed by atoms with Crippen molar-refractivity contribution in [2.45, 2.75) is 51.6 Å². The van der Waals surface area contributed by atoms with E-state index in [9.17, 15) is 4.39 Å². The molecule has 1 unspecified atom stereocenters. The number of rotatable bonds is 3. The molecule has 1 fully saturated rings. The van der Waals surface area contributed by atoms with Crippen molar-refractivity contribution in [3.05, 3.63) is 29.6 Å². The van der Waals surface area contributed by atoms with Crippen molar-refractivity contribution in [2.75, 3.05) is 12.3 Å². The zero-order chi connectivity index (χ0) is 13.0. The smallest absolute Gasteiger partial charge is 0.125 e. The maximum absolute atomic E-state index is 13.0. The Morgan fingerprint density at radius 2 is 2.17 bits per heavy atom. The molecular formula is C15H23FN2. The van der Waals surface area contributed by atoms with E-state index < -0.39 is 0 Å². The Morgan fingerprint density at radius 3 is 2.89 bits per heavy atom. The fourth-order valence-electron chi connectivity index (χ4n) is 2.84. The van der Waals surface area contributed by atoms with E-state index in [0.29, 0.717) is 11.7 Å². The average molecular weight is 250 g/mol. The van der Waals surface area contributed by atoms with Crippen molar-refractivity contribution in [3.8, 4) is 0 Å². The third-order valence-corrected chi connectivity index (χ3v) is 3.95. The van der Waals surface area contributed by atoms with Gasteiger partial charge in [-0.2, -0.15) is 0 Å². The fourth-order valence-corrected chi connectivity index (χ4v) is 2.84. The number of hydrogen-bond acceptors (Lipinski definition) is 2. The zero-order valence-electron chi connectivity index (χ0n) is 11.2. The maximum Gasteiger partial charge on any atom is 0.125 e. The molecule has 1 aliphatic rings.